The summed E-state index contributed by atoms with van der Waals surface area (Å²) in [4.78, 5) is 13.0. The molecule has 0 aliphatic carbocycles. The molecule has 0 atom stereocenters. The second-order valence-corrected chi connectivity index (χ2v) is 6.24. The number of aromatic nitrogens is 5. The van der Waals surface area contributed by atoms with Crippen molar-refractivity contribution in [3.63, 3.8) is 0 Å². The van der Waals surface area contributed by atoms with E-state index in [1.54, 1.807) is 10.8 Å². The quantitative estimate of drug-likeness (QED) is 0.603. The third kappa shape index (κ3) is 2.91. The summed E-state index contributed by atoms with van der Waals surface area (Å²) in [5.41, 5.74) is 1.67. The Balaban J connectivity index is 1.34. The number of fused-ring (bicyclic) bond motifs is 1. The number of carbonyl (C=O) groups is 1. The predicted molar refractivity (Wildman–Crippen MR) is 90.5 cm³/mol. The molecule has 0 saturated heterocycles. The molecular formula is C16H14N6OS. The van der Waals surface area contributed by atoms with Gasteiger partial charge in [-0.1, -0.05) is 11.3 Å². The molecule has 120 valence electrons. The summed E-state index contributed by atoms with van der Waals surface area (Å²) < 4.78 is 3.64. The normalized spacial score (nSPS) is 11.0. The topological polar surface area (TPSA) is 77.1 Å². The second kappa shape index (κ2) is 6.25. The first kappa shape index (κ1) is 14.6. The Bertz CT molecular complexity index is 926. The number of nitrogens with one attached hydrogen (secondary N) is 1. The molecule has 0 fully saturated rings. The molecule has 24 heavy (non-hydrogen) atoms. The van der Waals surface area contributed by atoms with Crippen LogP contribution in [-0.2, 0) is 6.42 Å². The van der Waals surface area contributed by atoms with E-state index in [4.69, 9.17) is 0 Å². The lowest BCUT2D eigenvalue weighted by molar-refractivity contribution is 0.0954. The highest BCUT2D eigenvalue weighted by Crippen LogP contribution is 2.12. The number of benzene rings is 1. The average molecular weight is 338 g/mol. The van der Waals surface area contributed by atoms with Crippen LogP contribution in [0.25, 0.3) is 10.6 Å². The molecule has 1 aromatic carbocycles. The lowest BCUT2D eigenvalue weighted by atomic mass is 10.2. The summed E-state index contributed by atoms with van der Waals surface area (Å²) in [6.07, 6.45) is 6.17. The Labute approximate surface area is 141 Å². The standard InChI is InChI=1S/C16H14N6OS/c23-15(12-3-5-13(6-4-12)21-9-1-2-10-21)17-8-7-14-20-22-11-18-19-16(22)24-14/h1-6,9-11H,7-8H2,(H,17,23). The number of amides is 1. The smallest absolute Gasteiger partial charge is 0.251 e. The van der Waals surface area contributed by atoms with Crippen molar-refractivity contribution in [2.75, 3.05) is 6.54 Å². The average Bonchev–Trinajstić information content (AvgIpc) is 3.32. The molecule has 1 N–H and O–H groups in total. The Kier molecular flexibility index (Phi) is 3.80. The predicted octanol–water partition coefficient (Wildman–Crippen LogP) is 1.95. The van der Waals surface area contributed by atoms with Crippen LogP contribution in [0.2, 0.25) is 0 Å². The summed E-state index contributed by atoms with van der Waals surface area (Å²) in [7, 11) is 0. The lowest BCUT2D eigenvalue weighted by Gasteiger charge is -2.06. The molecule has 3 aromatic heterocycles. The maximum absolute atomic E-state index is 12.2. The Hall–Kier alpha value is -3.00. The van der Waals surface area contributed by atoms with Gasteiger partial charge in [0.25, 0.3) is 5.91 Å². The molecule has 0 unspecified atom stereocenters. The molecule has 0 aliphatic heterocycles. The van der Waals surface area contributed by atoms with Gasteiger partial charge < -0.3 is 9.88 Å². The fourth-order valence-electron chi connectivity index (χ4n) is 2.38. The Morgan fingerprint density at radius 3 is 2.71 bits per heavy atom. The molecule has 4 aromatic rings. The molecule has 0 spiro atoms. The maximum Gasteiger partial charge on any atom is 0.251 e. The van der Waals surface area contributed by atoms with Crippen LogP contribution >= 0.6 is 11.3 Å². The third-order valence-electron chi connectivity index (χ3n) is 3.59. The molecule has 4 rings (SSSR count). The highest BCUT2D eigenvalue weighted by molar-refractivity contribution is 7.16. The number of hydrogen-bond acceptors (Lipinski definition) is 5. The van der Waals surface area contributed by atoms with E-state index in [0.717, 1.165) is 15.7 Å². The summed E-state index contributed by atoms with van der Waals surface area (Å²) in [6.45, 7) is 0.530. The molecule has 0 radical (unpaired) electrons. The summed E-state index contributed by atoms with van der Waals surface area (Å²) in [6, 6.07) is 11.4. The van der Waals surface area contributed by atoms with E-state index in [1.807, 2.05) is 53.4 Å². The molecule has 0 aliphatic rings. The number of hydrogen-bond donors (Lipinski definition) is 1. The number of carbonyl (C=O) groups excluding carboxylic acids is 1. The van der Waals surface area contributed by atoms with Crippen molar-refractivity contribution in [3.8, 4) is 5.69 Å². The maximum atomic E-state index is 12.2. The van der Waals surface area contributed by atoms with Crippen LogP contribution in [0.5, 0.6) is 0 Å². The second-order valence-electron chi connectivity index (χ2n) is 5.20. The van der Waals surface area contributed by atoms with Gasteiger partial charge in [-0.15, -0.1) is 10.2 Å². The third-order valence-corrected chi connectivity index (χ3v) is 4.56. The zero-order valence-corrected chi connectivity index (χ0v) is 13.5. The highest BCUT2D eigenvalue weighted by atomic mass is 32.1. The van der Waals surface area contributed by atoms with Gasteiger partial charge >= 0.3 is 0 Å². The van der Waals surface area contributed by atoms with Crippen LogP contribution in [0.15, 0.2) is 55.1 Å². The molecule has 3 heterocycles. The van der Waals surface area contributed by atoms with Gasteiger partial charge in [0.05, 0.1) is 0 Å². The van der Waals surface area contributed by atoms with Crippen molar-refractivity contribution in [1.29, 1.82) is 0 Å². The van der Waals surface area contributed by atoms with Gasteiger partial charge in [0.15, 0.2) is 0 Å². The largest absolute Gasteiger partial charge is 0.352 e. The van der Waals surface area contributed by atoms with E-state index in [9.17, 15) is 4.79 Å². The minimum atomic E-state index is -0.0861. The molecule has 1 amide bonds. The first-order valence-corrected chi connectivity index (χ1v) is 8.28. The Morgan fingerprint density at radius 2 is 1.96 bits per heavy atom. The minimum Gasteiger partial charge on any atom is -0.352 e. The molecule has 0 saturated carbocycles. The van der Waals surface area contributed by atoms with Gasteiger partial charge in [-0.2, -0.15) is 9.61 Å². The van der Waals surface area contributed by atoms with Crippen LogP contribution in [0, 0.1) is 0 Å². The van der Waals surface area contributed by atoms with Crippen molar-refractivity contribution in [2.24, 2.45) is 0 Å². The van der Waals surface area contributed by atoms with E-state index < -0.39 is 0 Å². The zero-order chi connectivity index (χ0) is 16.4. The summed E-state index contributed by atoms with van der Waals surface area (Å²) in [5.74, 6) is -0.0861. The van der Waals surface area contributed by atoms with Gasteiger partial charge in [0.2, 0.25) is 4.96 Å². The first-order chi connectivity index (χ1) is 11.8. The van der Waals surface area contributed by atoms with Gasteiger partial charge in [-0.25, -0.2) is 0 Å². The Morgan fingerprint density at radius 1 is 1.17 bits per heavy atom. The van der Waals surface area contributed by atoms with Crippen LogP contribution < -0.4 is 5.32 Å². The van der Waals surface area contributed by atoms with E-state index in [0.29, 0.717) is 18.5 Å². The summed E-state index contributed by atoms with van der Waals surface area (Å²) >= 11 is 1.48. The van der Waals surface area contributed by atoms with Gasteiger partial charge in [-0.3, -0.25) is 4.79 Å². The van der Waals surface area contributed by atoms with Crippen LogP contribution in [0.4, 0.5) is 0 Å². The SMILES string of the molecule is O=C(NCCc1nn2cnnc2s1)c1ccc(-n2cccc2)cc1. The molecule has 0 bridgehead atoms. The van der Waals surface area contributed by atoms with Crippen molar-refractivity contribution in [3.05, 3.63) is 65.7 Å². The molecule has 8 heteroatoms. The number of rotatable bonds is 5. The first-order valence-electron chi connectivity index (χ1n) is 7.47. The molecular weight excluding hydrogens is 324 g/mol. The van der Waals surface area contributed by atoms with Crippen LogP contribution in [0.1, 0.15) is 15.4 Å². The molecule has 7 nitrogen and oxygen atoms in total. The van der Waals surface area contributed by atoms with Gasteiger partial charge in [0.1, 0.15) is 11.3 Å². The van der Waals surface area contributed by atoms with E-state index >= 15 is 0 Å². The van der Waals surface area contributed by atoms with Gasteiger partial charge in [-0.05, 0) is 36.4 Å². The summed E-state index contributed by atoms with van der Waals surface area (Å²) in [5, 5.41) is 15.9. The van der Waals surface area contributed by atoms with Crippen LogP contribution in [-0.4, -0.2) is 36.8 Å². The van der Waals surface area contributed by atoms with Crippen molar-refractivity contribution in [2.45, 2.75) is 6.42 Å². The van der Waals surface area contributed by atoms with Crippen molar-refractivity contribution >= 4 is 22.2 Å². The minimum absolute atomic E-state index is 0.0861. The van der Waals surface area contributed by atoms with Gasteiger partial charge in [0, 0.05) is 36.6 Å². The number of nitrogens with zero attached hydrogens (tertiary/aromatic N) is 5. The highest BCUT2D eigenvalue weighted by Gasteiger charge is 2.08. The van der Waals surface area contributed by atoms with E-state index in [1.165, 1.54) is 11.3 Å². The fourth-order valence-corrected chi connectivity index (χ4v) is 3.19. The fraction of sp³-hybridized carbons (Fsp3) is 0.125. The monoisotopic (exact) mass is 338 g/mol. The lowest BCUT2D eigenvalue weighted by Crippen LogP contribution is -2.25. The van der Waals surface area contributed by atoms with Crippen molar-refractivity contribution < 1.29 is 4.79 Å². The van der Waals surface area contributed by atoms with Crippen LogP contribution in [0.3, 0.4) is 0 Å². The van der Waals surface area contributed by atoms with E-state index in [-0.39, 0.29) is 5.91 Å². The van der Waals surface area contributed by atoms with E-state index in [2.05, 4.69) is 20.6 Å². The van der Waals surface area contributed by atoms with Crippen molar-refractivity contribution in [1.82, 2.24) is 29.7 Å². The zero-order valence-electron chi connectivity index (χ0n) is 12.7.